The highest BCUT2D eigenvalue weighted by molar-refractivity contribution is 5.93. The third-order valence-corrected chi connectivity index (χ3v) is 4.73. The second kappa shape index (κ2) is 9.32. The average Bonchev–Trinajstić information content (AvgIpc) is 2.95. The Morgan fingerprint density at radius 1 is 1.08 bits per heavy atom. The van der Waals surface area contributed by atoms with Gasteiger partial charge < -0.3 is 10.6 Å². The summed E-state index contributed by atoms with van der Waals surface area (Å²) in [5, 5.41) is 6.46. The Morgan fingerprint density at radius 3 is 2.50 bits per heavy atom. The van der Waals surface area contributed by atoms with E-state index in [1.165, 1.54) is 25.7 Å². The van der Waals surface area contributed by atoms with Crippen LogP contribution in [0.15, 0.2) is 36.4 Å². The molecule has 0 unspecified atom stereocenters. The van der Waals surface area contributed by atoms with Crippen molar-refractivity contribution in [1.29, 1.82) is 0 Å². The fraction of sp³-hybridized carbons (Fsp3) is 0.476. The molecule has 0 spiro atoms. The van der Waals surface area contributed by atoms with Crippen molar-refractivity contribution < 1.29 is 4.79 Å². The molecule has 5 nitrogen and oxygen atoms in total. The molecule has 5 heteroatoms. The highest BCUT2D eigenvalue weighted by Crippen LogP contribution is 2.23. The molecule has 1 aliphatic carbocycles. The van der Waals surface area contributed by atoms with Crippen molar-refractivity contribution in [3.63, 3.8) is 0 Å². The van der Waals surface area contributed by atoms with E-state index in [2.05, 4.69) is 20.6 Å². The Bertz CT molecular complexity index is 709. The largest absolute Gasteiger partial charge is 0.367 e. The lowest BCUT2D eigenvalue weighted by molar-refractivity contribution is 0.0948. The van der Waals surface area contributed by atoms with Crippen LogP contribution in [-0.2, 0) is 0 Å². The number of rotatable bonds is 6. The molecule has 1 saturated carbocycles. The number of aromatic nitrogens is 2. The number of benzene rings is 1. The molecular weight excluding hydrogens is 324 g/mol. The minimum atomic E-state index is -0.143. The van der Waals surface area contributed by atoms with Crippen molar-refractivity contribution in [2.24, 2.45) is 0 Å². The standard InChI is InChI=1S/C21H28N4O/c1-2-14-22-21(26)18-15-19(23-17-12-8-3-4-9-13-17)25-20(24-18)16-10-6-5-7-11-16/h5-7,10-11,15,17H,2-4,8-9,12-14H2,1H3,(H,22,26)(H,23,24,25). The predicted octanol–water partition coefficient (Wildman–Crippen LogP) is 4.42. The lowest BCUT2D eigenvalue weighted by atomic mass is 10.1. The van der Waals surface area contributed by atoms with E-state index in [1.807, 2.05) is 37.3 Å². The van der Waals surface area contributed by atoms with Crippen molar-refractivity contribution in [2.75, 3.05) is 11.9 Å². The number of nitrogens with one attached hydrogen (secondary N) is 2. The predicted molar refractivity (Wildman–Crippen MR) is 105 cm³/mol. The summed E-state index contributed by atoms with van der Waals surface area (Å²) in [6.45, 7) is 2.68. The van der Waals surface area contributed by atoms with Gasteiger partial charge in [-0.3, -0.25) is 4.79 Å². The fourth-order valence-corrected chi connectivity index (χ4v) is 3.32. The van der Waals surface area contributed by atoms with Crippen LogP contribution in [0.1, 0.15) is 62.4 Å². The molecule has 1 aromatic carbocycles. The van der Waals surface area contributed by atoms with Gasteiger partial charge in [0.15, 0.2) is 5.82 Å². The van der Waals surface area contributed by atoms with Gasteiger partial charge in [-0.1, -0.05) is 62.9 Å². The van der Waals surface area contributed by atoms with E-state index in [9.17, 15) is 4.79 Å². The first-order valence-electron chi connectivity index (χ1n) is 9.75. The first-order chi connectivity index (χ1) is 12.8. The maximum absolute atomic E-state index is 12.5. The maximum atomic E-state index is 12.5. The molecule has 1 aromatic heterocycles. The molecule has 0 aliphatic heterocycles. The zero-order valence-corrected chi connectivity index (χ0v) is 15.5. The SMILES string of the molecule is CCCNC(=O)c1cc(NC2CCCCCC2)nc(-c2ccccc2)n1. The number of amides is 1. The quantitative estimate of drug-likeness (QED) is 0.755. The molecule has 0 saturated heterocycles. The summed E-state index contributed by atoms with van der Waals surface area (Å²) >= 11 is 0. The molecule has 1 aliphatic rings. The minimum absolute atomic E-state index is 0.143. The van der Waals surface area contributed by atoms with Crippen LogP contribution in [0, 0.1) is 0 Å². The summed E-state index contributed by atoms with van der Waals surface area (Å²) in [4.78, 5) is 21.7. The molecule has 138 valence electrons. The Labute approximate surface area is 155 Å². The number of hydrogen-bond acceptors (Lipinski definition) is 4. The summed E-state index contributed by atoms with van der Waals surface area (Å²) in [5.41, 5.74) is 1.34. The van der Waals surface area contributed by atoms with Gasteiger partial charge in [-0.25, -0.2) is 9.97 Å². The van der Waals surface area contributed by atoms with E-state index >= 15 is 0 Å². The van der Waals surface area contributed by atoms with Gasteiger partial charge in [-0.2, -0.15) is 0 Å². The monoisotopic (exact) mass is 352 g/mol. The number of carbonyl (C=O) groups excluding carboxylic acids is 1. The van der Waals surface area contributed by atoms with E-state index in [1.54, 1.807) is 6.07 Å². The number of nitrogens with zero attached hydrogens (tertiary/aromatic N) is 2. The van der Waals surface area contributed by atoms with Crippen LogP contribution in [0.2, 0.25) is 0 Å². The fourth-order valence-electron chi connectivity index (χ4n) is 3.32. The molecule has 1 amide bonds. The van der Waals surface area contributed by atoms with Crippen molar-refractivity contribution in [3.05, 3.63) is 42.1 Å². The van der Waals surface area contributed by atoms with Crippen molar-refractivity contribution >= 4 is 11.7 Å². The summed E-state index contributed by atoms with van der Waals surface area (Å²) in [5.74, 6) is 1.19. The molecule has 2 aromatic rings. The zero-order chi connectivity index (χ0) is 18.2. The van der Waals surface area contributed by atoms with Crippen LogP contribution in [0.3, 0.4) is 0 Å². The van der Waals surface area contributed by atoms with E-state index in [4.69, 9.17) is 0 Å². The van der Waals surface area contributed by atoms with Crippen LogP contribution >= 0.6 is 0 Å². The van der Waals surface area contributed by atoms with Crippen LogP contribution < -0.4 is 10.6 Å². The van der Waals surface area contributed by atoms with Crippen molar-refractivity contribution in [1.82, 2.24) is 15.3 Å². The summed E-state index contributed by atoms with van der Waals surface area (Å²) in [7, 11) is 0. The minimum Gasteiger partial charge on any atom is -0.367 e. The van der Waals surface area contributed by atoms with Gasteiger partial charge in [0, 0.05) is 24.2 Å². The number of carbonyl (C=O) groups is 1. The first-order valence-corrected chi connectivity index (χ1v) is 9.75. The molecule has 2 N–H and O–H groups in total. The summed E-state index contributed by atoms with van der Waals surface area (Å²) < 4.78 is 0. The van der Waals surface area contributed by atoms with Gasteiger partial charge in [-0.05, 0) is 19.3 Å². The van der Waals surface area contributed by atoms with E-state index in [0.717, 1.165) is 30.6 Å². The molecule has 1 heterocycles. The Hall–Kier alpha value is -2.43. The smallest absolute Gasteiger partial charge is 0.270 e. The molecule has 1 fully saturated rings. The maximum Gasteiger partial charge on any atom is 0.270 e. The van der Waals surface area contributed by atoms with E-state index in [0.29, 0.717) is 24.1 Å². The second-order valence-corrected chi connectivity index (χ2v) is 6.92. The van der Waals surface area contributed by atoms with Crippen LogP contribution in [0.4, 0.5) is 5.82 Å². The van der Waals surface area contributed by atoms with Crippen LogP contribution in [0.5, 0.6) is 0 Å². The van der Waals surface area contributed by atoms with Gasteiger partial charge >= 0.3 is 0 Å². The molecular formula is C21H28N4O. The van der Waals surface area contributed by atoms with E-state index < -0.39 is 0 Å². The van der Waals surface area contributed by atoms with Gasteiger partial charge in [0.25, 0.3) is 5.91 Å². The molecule has 0 atom stereocenters. The summed E-state index contributed by atoms with van der Waals surface area (Å²) in [6.07, 6.45) is 8.32. The zero-order valence-electron chi connectivity index (χ0n) is 15.5. The topological polar surface area (TPSA) is 66.9 Å². The Kier molecular flexibility index (Phi) is 6.58. The van der Waals surface area contributed by atoms with E-state index in [-0.39, 0.29) is 5.91 Å². The molecule has 0 bridgehead atoms. The third kappa shape index (κ3) is 5.04. The Balaban J connectivity index is 1.87. The third-order valence-electron chi connectivity index (χ3n) is 4.73. The van der Waals surface area contributed by atoms with Gasteiger partial charge in [0.05, 0.1) is 0 Å². The molecule has 0 radical (unpaired) electrons. The van der Waals surface area contributed by atoms with Crippen LogP contribution in [0.25, 0.3) is 11.4 Å². The molecule has 3 rings (SSSR count). The van der Waals surface area contributed by atoms with Gasteiger partial charge in [0.1, 0.15) is 11.5 Å². The number of anilines is 1. The van der Waals surface area contributed by atoms with Gasteiger partial charge in [0.2, 0.25) is 0 Å². The normalized spacial score (nSPS) is 15.3. The second-order valence-electron chi connectivity index (χ2n) is 6.92. The highest BCUT2D eigenvalue weighted by atomic mass is 16.1. The Morgan fingerprint density at radius 2 is 1.81 bits per heavy atom. The number of hydrogen-bond donors (Lipinski definition) is 2. The summed E-state index contributed by atoms with van der Waals surface area (Å²) in [6, 6.07) is 12.0. The highest BCUT2D eigenvalue weighted by Gasteiger charge is 2.16. The van der Waals surface area contributed by atoms with Crippen molar-refractivity contribution in [3.8, 4) is 11.4 Å². The lowest BCUT2D eigenvalue weighted by Crippen LogP contribution is -2.26. The average molecular weight is 352 g/mol. The van der Waals surface area contributed by atoms with Crippen LogP contribution in [-0.4, -0.2) is 28.5 Å². The lowest BCUT2D eigenvalue weighted by Gasteiger charge is -2.18. The van der Waals surface area contributed by atoms with Crippen molar-refractivity contribution in [2.45, 2.75) is 57.9 Å². The first kappa shape index (κ1) is 18.4. The van der Waals surface area contributed by atoms with Gasteiger partial charge in [-0.15, -0.1) is 0 Å². The molecule has 26 heavy (non-hydrogen) atoms.